The Bertz CT molecular complexity index is 2170. The van der Waals surface area contributed by atoms with Crippen LogP contribution in [-0.2, 0) is 23.8 Å². The first-order chi connectivity index (χ1) is 27.2. The van der Waals surface area contributed by atoms with E-state index in [0.29, 0.717) is 24.4 Å². The number of nitrogens with zero attached hydrogens (tertiary/aromatic N) is 4. The molecule has 2 fully saturated rings. The second kappa shape index (κ2) is 17.2. The number of fused-ring (bicyclic) bond motifs is 1. The number of benzene rings is 2. The fourth-order valence-electron chi connectivity index (χ4n) is 7.61. The maximum Gasteiger partial charge on any atom is 0.407 e. The maximum atomic E-state index is 13.9. The zero-order valence-electron chi connectivity index (χ0n) is 33.8. The van der Waals surface area contributed by atoms with E-state index in [1.54, 1.807) is 18.0 Å². The summed E-state index contributed by atoms with van der Waals surface area (Å²) >= 11 is 0. The molecule has 0 spiro atoms. The van der Waals surface area contributed by atoms with Gasteiger partial charge in [-0.05, 0) is 67.6 Å². The molecule has 4 heterocycles. The summed E-state index contributed by atoms with van der Waals surface area (Å²) in [6, 6.07) is 12.4. The van der Waals surface area contributed by atoms with E-state index < -0.39 is 38.4 Å². The number of likely N-dealkylation sites (tertiary alicyclic amines) is 1. The van der Waals surface area contributed by atoms with E-state index in [0.717, 1.165) is 52.3 Å². The molecule has 0 bridgehead atoms. The average molecular weight is 797 g/mol. The lowest BCUT2D eigenvalue weighted by Gasteiger charge is -2.31. The number of hydrogen-bond donors (Lipinski definition) is 4. The topological polar surface area (TPSA) is 184 Å². The lowest BCUT2D eigenvalue weighted by atomic mass is 10.0. The van der Waals surface area contributed by atoms with Crippen LogP contribution in [0.5, 0.6) is 0 Å². The number of methoxy groups -OCH3 is 3. The van der Waals surface area contributed by atoms with E-state index in [1.165, 1.54) is 21.3 Å². The van der Waals surface area contributed by atoms with Crippen molar-refractivity contribution in [2.45, 2.75) is 83.0 Å². The van der Waals surface area contributed by atoms with Gasteiger partial charge in [-0.25, -0.2) is 19.6 Å². The first kappa shape index (κ1) is 41.0. The van der Waals surface area contributed by atoms with Gasteiger partial charge >= 0.3 is 12.2 Å². The van der Waals surface area contributed by atoms with Gasteiger partial charge in [0.25, 0.3) is 0 Å². The van der Waals surface area contributed by atoms with Crippen molar-refractivity contribution < 1.29 is 33.4 Å². The largest absolute Gasteiger partial charge is 0.453 e. The van der Waals surface area contributed by atoms with E-state index in [1.807, 2.05) is 61.2 Å². The van der Waals surface area contributed by atoms with Crippen LogP contribution in [-0.4, -0.2) is 114 Å². The average Bonchev–Trinajstić information content (AvgIpc) is 4.02. The third kappa shape index (κ3) is 9.16. The predicted octanol–water partition coefficient (Wildman–Crippen LogP) is 5.29. The molecule has 0 aliphatic carbocycles. The summed E-state index contributed by atoms with van der Waals surface area (Å²) in [6.45, 7) is 10.6. The van der Waals surface area contributed by atoms with Crippen LogP contribution >= 0.6 is 0 Å². The van der Waals surface area contributed by atoms with Crippen LogP contribution in [0.15, 0.2) is 48.7 Å². The fourth-order valence-corrected chi connectivity index (χ4v) is 10.5. The van der Waals surface area contributed by atoms with Crippen molar-refractivity contribution in [3.63, 3.8) is 0 Å². The van der Waals surface area contributed by atoms with Gasteiger partial charge < -0.3 is 44.6 Å². The molecule has 16 heteroatoms. The van der Waals surface area contributed by atoms with E-state index in [-0.39, 0.29) is 29.8 Å². The molecule has 2 aromatic carbocycles. The Balaban J connectivity index is 1.14. The molecular weight excluding hydrogens is 745 g/mol. The van der Waals surface area contributed by atoms with Crippen molar-refractivity contribution >= 4 is 43.1 Å². The number of aromatic amines is 2. The van der Waals surface area contributed by atoms with Gasteiger partial charge in [0.2, 0.25) is 11.8 Å². The van der Waals surface area contributed by atoms with Crippen molar-refractivity contribution in [1.82, 2.24) is 40.4 Å². The van der Waals surface area contributed by atoms with Crippen molar-refractivity contribution in [2.75, 3.05) is 34.0 Å². The minimum absolute atomic E-state index is 0.117. The van der Waals surface area contributed by atoms with Crippen molar-refractivity contribution in [2.24, 2.45) is 5.92 Å². The Morgan fingerprint density at radius 3 is 2.16 bits per heavy atom. The van der Waals surface area contributed by atoms with E-state index in [2.05, 4.69) is 45.5 Å². The number of carbonyl (C=O) groups is 4. The number of amides is 4. The molecule has 4 N–H and O–H groups in total. The molecule has 302 valence electrons. The molecule has 57 heavy (non-hydrogen) atoms. The summed E-state index contributed by atoms with van der Waals surface area (Å²) < 4.78 is 15.0. The molecule has 4 aromatic rings. The summed E-state index contributed by atoms with van der Waals surface area (Å²) in [4.78, 5) is 71.6. The SMILES string of the molecule is COC(=O)N[C@H](C(=O)N1CCC[C@H]1c1nc2cc(C#Cc3ccc(-c4cnc([C@@H]5C[Si](C)(C)CN5C(=O)[C@@H](NC(=O)OC)C(C)OC)[nH]4)cc3)ccc2[nH]1)C(C)C. The van der Waals surface area contributed by atoms with Crippen LogP contribution in [0.3, 0.4) is 0 Å². The number of alkyl carbamates (subject to hydrolysis) is 2. The molecule has 2 aliphatic heterocycles. The number of aromatic nitrogens is 4. The fraction of sp³-hybridized carbons (Fsp3) is 0.463. The molecule has 1 unspecified atom stereocenters. The van der Waals surface area contributed by atoms with Crippen molar-refractivity contribution in [3.05, 3.63) is 71.4 Å². The molecule has 6 rings (SSSR count). The third-order valence-corrected chi connectivity index (χ3v) is 13.5. The number of hydrogen-bond acceptors (Lipinski definition) is 9. The maximum absolute atomic E-state index is 13.9. The molecule has 4 amide bonds. The smallest absolute Gasteiger partial charge is 0.407 e. The Labute approximate surface area is 333 Å². The molecular formula is C41H52N8O7Si. The summed E-state index contributed by atoms with van der Waals surface area (Å²) in [7, 11) is 2.26. The number of carbonyl (C=O) groups excluding carboxylic acids is 4. The van der Waals surface area contributed by atoms with Crippen LogP contribution in [0.1, 0.15) is 68.5 Å². The van der Waals surface area contributed by atoms with Crippen LogP contribution in [0.4, 0.5) is 9.59 Å². The van der Waals surface area contributed by atoms with E-state index in [9.17, 15) is 19.2 Å². The summed E-state index contributed by atoms with van der Waals surface area (Å²) in [5.41, 5.74) is 4.99. The number of ether oxygens (including phenoxy) is 3. The monoisotopic (exact) mass is 796 g/mol. The Kier molecular flexibility index (Phi) is 12.4. The van der Waals surface area contributed by atoms with Gasteiger partial charge in [0.05, 0.1) is 63.4 Å². The molecule has 2 aromatic heterocycles. The molecule has 0 radical (unpaired) electrons. The first-order valence-corrected chi connectivity index (χ1v) is 22.6. The van der Waals surface area contributed by atoms with Gasteiger partial charge in [-0.15, -0.1) is 0 Å². The van der Waals surface area contributed by atoms with Gasteiger partial charge in [-0.2, -0.15) is 0 Å². The molecule has 2 saturated heterocycles. The molecule has 2 aliphatic rings. The Hall–Kier alpha value is -5.66. The van der Waals surface area contributed by atoms with Crippen LogP contribution in [0.25, 0.3) is 22.3 Å². The second-order valence-corrected chi connectivity index (χ2v) is 20.9. The lowest BCUT2D eigenvalue weighted by Crippen LogP contribution is -2.54. The predicted molar refractivity (Wildman–Crippen MR) is 216 cm³/mol. The van der Waals surface area contributed by atoms with Gasteiger partial charge in [0, 0.05) is 30.9 Å². The van der Waals surface area contributed by atoms with Crippen LogP contribution in [0, 0.1) is 17.8 Å². The minimum Gasteiger partial charge on any atom is -0.453 e. The van der Waals surface area contributed by atoms with Gasteiger partial charge in [-0.3, -0.25) is 9.59 Å². The zero-order valence-corrected chi connectivity index (χ0v) is 34.8. The van der Waals surface area contributed by atoms with E-state index in [4.69, 9.17) is 24.2 Å². The van der Waals surface area contributed by atoms with Gasteiger partial charge in [0.1, 0.15) is 23.7 Å². The number of H-pyrrole nitrogens is 2. The van der Waals surface area contributed by atoms with Gasteiger partial charge in [-0.1, -0.05) is 50.9 Å². The number of imidazole rings is 2. The normalized spacial score (nSPS) is 19.1. The summed E-state index contributed by atoms with van der Waals surface area (Å²) in [5.74, 6) is 7.40. The Morgan fingerprint density at radius 1 is 0.842 bits per heavy atom. The highest BCUT2D eigenvalue weighted by atomic mass is 28.3. The van der Waals surface area contributed by atoms with Crippen molar-refractivity contribution in [1.29, 1.82) is 0 Å². The van der Waals surface area contributed by atoms with Crippen LogP contribution < -0.4 is 10.6 Å². The number of rotatable bonds is 10. The summed E-state index contributed by atoms with van der Waals surface area (Å²) in [5, 5.41) is 5.34. The first-order valence-electron chi connectivity index (χ1n) is 19.2. The highest BCUT2D eigenvalue weighted by molar-refractivity contribution is 6.78. The lowest BCUT2D eigenvalue weighted by molar-refractivity contribution is -0.137. The second-order valence-electron chi connectivity index (χ2n) is 15.8. The Morgan fingerprint density at radius 2 is 1.49 bits per heavy atom. The third-order valence-electron chi connectivity index (χ3n) is 10.8. The highest BCUT2D eigenvalue weighted by Crippen LogP contribution is 2.38. The van der Waals surface area contributed by atoms with Crippen molar-refractivity contribution in [3.8, 4) is 23.1 Å². The van der Waals surface area contributed by atoms with E-state index >= 15 is 0 Å². The molecule has 5 atom stereocenters. The molecule has 15 nitrogen and oxygen atoms in total. The number of nitrogens with one attached hydrogen (secondary N) is 4. The highest BCUT2D eigenvalue weighted by Gasteiger charge is 2.46. The quantitative estimate of drug-likeness (QED) is 0.122. The van der Waals surface area contributed by atoms with Crippen LogP contribution in [0.2, 0.25) is 19.1 Å². The molecule has 0 saturated carbocycles. The summed E-state index contributed by atoms with van der Waals surface area (Å²) in [6.07, 6.45) is 2.12. The standard InChI is InChI=1S/C41H52N8O7Si/c1-24(2)34(46-40(52)55-5)38(50)48-19-9-10-32(48)37-43-29-18-15-27(20-30(29)44-37)12-11-26-13-16-28(17-14-26)31-21-42-36(45-31)33-22-57(7,8)23-49(33)39(51)35(25(3)54-4)47-41(53)56-6/h13-18,20-21,24-25,32-35H,9-10,19,22-23H2,1-8H3,(H,42,45)(H,43,44)(H,46,52)(H,47,53)/t25?,32-,33-,34-,35-/m0/s1. The minimum atomic E-state index is -1.80. The van der Waals surface area contributed by atoms with Gasteiger partial charge in [0.15, 0.2) is 0 Å². The zero-order chi connectivity index (χ0) is 41.0.